The van der Waals surface area contributed by atoms with Crippen molar-refractivity contribution in [2.75, 3.05) is 6.54 Å². The van der Waals surface area contributed by atoms with Gasteiger partial charge >= 0.3 is 5.69 Å². The van der Waals surface area contributed by atoms with E-state index in [1.165, 1.54) is 6.07 Å². The molecule has 3 rings (SSSR count). The van der Waals surface area contributed by atoms with Gasteiger partial charge in [-0.3, -0.25) is 19.7 Å². The highest BCUT2D eigenvalue weighted by Crippen LogP contribution is 2.32. The molecule has 0 aliphatic carbocycles. The molecule has 3 N–H and O–H groups in total. The zero-order valence-electron chi connectivity index (χ0n) is 14.3. The predicted octanol–water partition coefficient (Wildman–Crippen LogP) is 1.93. The lowest BCUT2D eigenvalue weighted by Gasteiger charge is -2.15. The molecule has 10 heteroatoms. The van der Waals surface area contributed by atoms with Gasteiger partial charge < -0.3 is 10.4 Å². The number of aromatic hydroxyl groups is 1. The molecule has 28 heavy (non-hydrogen) atoms. The third-order valence-electron chi connectivity index (χ3n) is 4.35. The smallest absolute Gasteiger partial charge is 0.312 e. The zero-order chi connectivity index (χ0) is 20.3. The van der Waals surface area contributed by atoms with E-state index in [1.54, 1.807) is 0 Å². The van der Waals surface area contributed by atoms with Gasteiger partial charge in [0.1, 0.15) is 5.92 Å². The highest BCUT2D eigenvalue weighted by Gasteiger charge is 2.40. The minimum Gasteiger partial charge on any atom is -0.502 e. The van der Waals surface area contributed by atoms with Crippen LogP contribution in [-0.2, 0) is 9.59 Å². The monoisotopic (exact) mass is 402 g/mol. The van der Waals surface area contributed by atoms with E-state index in [1.807, 2.05) is 30.3 Å². The van der Waals surface area contributed by atoms with Crippen LogP contribution in [0.5, 0.6) is 5.75 Å². The lowest BCUT2D eigenvalue weighted by atomic mass is 9.88. The number of hydrogen-bond acceptors (Lipinski definition) is 6. The number of halogens is 1. The van der Waals surface area contributed by atoms with Gasteiger partial charge in [-0.25, -0.2) is 5.43 Å². The van der Waals surface area contributed by atoms with Crippen molar-refractivity contribution >= 4 is 35.3 Å². The summed E-state index contributed by atoms with van der Waals surface area (Å²) < 4.78 is 0. The molecule has 1 aliphatic rings. The summed E-state index contributed by atoms with van der Waals surface area (Å²) in [6.07, 6.45) is 1.02. The van der Waals surface area contributed by atoms with Gasteiger partial charge in [0.05, 0.1) is 11.1 Å². The fourth-order valence-electron chi connectivity index (χ4n) is 3.01. The number of hydrazone groups is 1. The molecule has 0 aromatic heterocycles. The maximum atomic E-state index is 12.5. The number of phenolic OH excluding ortho intramolecular Hbond substituents is 1. The highest BCUT2D eigenvalue weighted by atomic mass is 35.5. The lowest BCUT2D eigenvalue weighted by molar-refractivity contribution is -0.385. The Hall–Kier alpha value is -3.46. The van der Waals surface area contributed by atoms with E-state index in [0.29, 0.717) is 6.54 Å². The van der Waals surface area contributed by atoms with E-state index >= 15 is 0 Å². The number of nitrogens with one attached hydrogen (secondary N) is 2. The third kappa shape index (κ3) is 3.94. The number of hydrogen-bond donors (Lipinski definition) is 3. The number of rotatable bonds is 5. The van der Waals surface area contributed by atoms with Crippen LogP contribution in [0.25, 0.3) is 0 Å². The number of phenols is 1. The number of nitrogens with zero attached hydrogens (tertiary/aromatic N) is 2. The number of nitro benzene ring substituents is 1. The van der Waals surface area contributed by atoms with E-state index in [0.717, 1.165) is 17.8 Å². The van der Waals surface area contributed by atoms with Gasteiger partial charge in [-0.05, 0) is 11.6 Å². The minimum atomic E-state index is -0.971. The second-order valence-corrected chi connectivity index (χ2v) is 6.53. The molecule has 2 aromatic carbocycles. The summed E-state index contributed by atoms with van der Waals surface area (Å²) in [4.78, 5) is 34.7. The van der Waals surface area contributed by atoms with Gasteiger partial charge in [0.25, 0.3) is 5.91 Å². The average molecular weight is 403 g/mol. The second kappa shape index (κ2) is 8.05. The Bertz CT molecular complexity index is 964. The number of carbonyl (C=O) groups is 2. The number of benzene rings is 2. The number of amides is 2. The lowest BCUT2D eigenvalue weighted by Crippen LogP contribution is -2.34. The van der Waals surface area contributed by atoms with Gasteiger partial charge in [-0.15, -0.1) is 0 Å². The van der Waals surface area contributed by atoms with Gasteiger partial charge in [-0.1, -0.05) is 41.9 Å². The topological polar surface area (TPSA) is 134 Å². The molecule has 2 unspecified atom stereocenters. The van der Waals surface area contributed by atoms with E-state index < -0.39 is 34.1 Å². The van der Waals surface area contributed by atoms with Crippen LogP contribution in [-0.4, -0.2) is 34.6 Å². The molecule has 1 saturated heterocycles. The fraction of sp³-hybridized carbons (Fsp3) is 0.167. The molecular formula is C18H15ClN4O5. The predicted molar refractivity (Wildman–Crippen MR) is 101 cm³/mol. The first-order valence-corrected chi connectivity index (χ1v) is 8.58. The van der Waals surface area contributed by atoms with E-state index in [9.17, 15) is 24.8 Å². The van der Waals surface area contributed by atoms with Crippen LogP contribution in [0.15, 0.2) is 47.6 Å². The molecule has 0 bridgehead atoms. The average Bonchev–Trinajstić information content (AvgIpc) is 3.06. The Balaban J connectivity index is 1.76. The van der Waals surface area contributed by atoms with Crippen LogP contribution < -0.4 is 10.7 Å². The summed E-state index contributed by atoms with van der Waals surface area (Å²) in [5.74, 6) is -2.99. The standard InChI is InChI=1S/C18H15ClN4O5/c19-12-6-11(16(24)14(7-12)23(27)28)8-21-22-18(26)15-13(9-20-17(15)25)10-4-2-1-3-5-10/h1-8,13,15,24H,9H2,(H,20,25)(H,22,26). The Morgan fingerprint density at radius 3 is 2.75 bits per heavy atom. The molecule has 1 heterocycles. The van der Waals surface area contributed by atoms with Crippen LogP contribution in [0.2, 0.25) is 5.02 Å². The quantitative estimate of drug-likeness (QED) is 0.304. The van der Waals surface area contributed by atoms with Crippen molar-refractivity contribution in [2.45, 2.75) is 5.92 Å². The Morgan fingerprint density at radius 1 is 1.36 bits per heavy atom. The van der Waals surface area contributed by atoms with Crippen molar-refractivity contribution in [1.82, 2.24) is 10.7 Å². The minimum absolute atomic E-state index is 0.0246. The number of carbonyl (C=O) groups excluding carboxylic acids is 2. The zero-order valence-corrected chi connectivity index (χ0v) is 15.1. The summed E-state index contributed by atoms with van der Waals surface area (Å²) >= 11 is 5.80. The first kappa shape index (κ1) is 19.3. The molecule has 2 amide bonds. The van der Waals surface area contributed by atoms with Crippen molar-refractivity contribution in [2.24, 2.45) is 11.0 Å². The Morgan fingerprint density at radius 2 is 2.07 bits per heavy atom. The Kier molecular flexibility index (Phi) is 5.55. The van der Waals surface area contributed by atoms with Crippen LogP contribution in [0.4, 0.5) is 5.69 Å². The summed E-state index contributed by atoms with van der Waals surface area (Å²) in [5, 5.41) is 27.2. The SMILES string of the molecule is O=C1NCC(c2ccccc2)C1C(=O)NN=Cc1cc(Cl)cc([N+](=O)[O-])c1O. The molecule has 0 spiro atoms. The van der Waals surface area contributed by atoms with Crippen molar-refractivity contribution < 1.29 is 19.6 Å². The first-order chi connectivity index (χ1) is 13.4. The van der Waals surface area contributed by atoms with Gasteiger partial charge in [0.15, 0.2) is 0 Å². The molecule has 2 atom stereocenters. The largest absolute Gasteiger partial charge is 0.502 e. The van der Waals surface area contributed by atoms with Crippen molar-refractivity contribution in [1.29, 1.82) is 0 Å². The maximum absolute atomic E-state index is 12.5. The molecule has 1 fully saturated rings. The van der Waals surface area contributed by atoms with E-state index in [2.05, 4.69) is 15.8 Å². The first-order valence-electron chi connectivity index (χ1n) is 8.21. The summed E-state index contributed by atoms with van der Waals surface area (Å²) in [6.45, 7) is 0.325. The van der Waals surface area contributed by atoms with Crippen LogP contribution in [0, 0.1) is 16.0 Å². The molecular weight excluding hydrogens is 388 g/mol. The highest BCUT2D eigenvalue weighted by molar-refractivity contribution is 6.31. The second-order valence-electron chi connectivity index (χ2n) is 6.09. The van der Waals surface area contributed by atoms with Crippen LogP contribution in [0.3, 0.4) is 0 Å². The van der Waals surface area contributed by atoms with E-state index in [-0.39, 0.29) is 16.5 Å². The molecule has 9 nitrogen and oxygen atoms in total. The van der Waals surface area contributed by atoms with Crippen molar-refractivity contribution in [3.8, 4) is 5.75 Å². The van der Waals surface area contributed by atoms with Crippen LogP contribution >= 0.6 is 11.6 Å². The summed E-state index contributed by atoms with van der Waals surface area (Å²) in [6, 6.07) is 11.4. The van der Waals surface area contributed by atoms with Crippen molar-refractivity contribution in [3.05, 3.63) is 68.7 Å². The molecule has 2 aromatic rings. The van der Waals surface area contributed by atoms with Gasteiger partial charge in [-0.2, -0.15) is 5.10 Å². The number of nitro groups is 1. The van der Waals surface area contributed by atoms with Gasteiger partial charge in [0, 0.05) is 29.1 Å². The Labute approximate surface area is 164 Å². The molecule has 0 saturated carbocycles. The van der Waals surface area contributed by atoms with Gasteiger partial charge in [0.2, 0.25) is 11.7 Å². The van der Waals surface area contributed by atoms with E-state index in [4.69, 9.17) is 11.6 Å². The normalized spacial score (nSPS) is 18.8. The van der Waals surface area contributed by atoms with Crippen LogP contribution in [0.1, 0.15) is 17.0 Å². The molecule has 0 radical (unpaired) electrons. The van der Waals surface area contributed by atoms with Crippen molar-refractivity contribution in [3.63, 3.8) is 0 Å². The molecule has 144 valence electrons. The fourth-order valence-corrected chi connectivity index (χ4v) is 3.23. The third-order valence-corrected chi connectivity index (χ3v) is 4.57. The maximum Gasteiger partial charge on any atom is 0.312 e. The molecule has 1 aliphatic heterocycles. The summed E-state index contributed by atoms with van der Waals surface area (Å²) in [7, 11) is 0. The summed E-state index contributed by atoms with van der Waals surface area (Å²) in [5.41, 5.74) is 2.46.